The molecule has 0 saturated heterocycles. The predicted octanol–water partition coefficient (Wildman–Crippen LogP) is 11.5. The fourth-order valence-corrected chi connectivity index (χ4v) is 8.28. The Bertz CT molecular complexity index is 3240. The molecule has 0 aromatic heterocycles. The van der Waals surface area contributed by atoms with Gasteiger partial charge in [0.25, 0.3) is 23.6 Å². The molecule has 0 spiro atoms. The molecule has 0 unspecified atom stereocenters. The first-order valence-electron chi connectivity index (χ1n) is 20.8. The molecule has 0 atom stereocenters. The molecule has 7 aromatic carbocycles. The lowest BCUT2D eigenvalue weighted by Crippen LogP contribution is -2.55. The lowest BCUT2D eigenvalue weighted by atomic mass is 9.71. The van der Waals surface area contributed by atoms with E-state index >= 15 is 26.3 Å². The number of imide groups is 2. The SMILES string of the molecule is Cc1ccc(Oc2ccc(C(=O)c3ccc(C(=O)c4ccc(Oc5ccc(N6C(=O)c7ccc(C(c8ccc9c(c8)C(=O)N(C)C9=O)(C(F)(F)F)C(F)(F)F)cc7C6=O)cc5)cc4)cc3)cc2)cc1. The lowest BCUT2D eigenvalue weighted by molar-refractivity contribution is -0.288. The maximum atomic E-state index is 15.1. The molecule has 0 fully saturated rings. The van der Waals surface area contributed by atoms with Gasteiger partial charge < -0.3 is 9.47 Å². The third kappa shape index (κ3) is 7.88. The molecular weight excluding hydrogens is 907 g/mol. The van der Waals surface area contributed by atoms with Crippen molar-refractivity contribution in [1.82, 2.24) is 4.90 Å². The summed E-state index contributed by atoms with van der Waals surface area (Å²) in [6.07, 6.45) is -12.2. The Labute approximate surface area is 387 Å². The number of amides is 4. The highest BCUT2D eigenvalue weighted by molar-refractivity contribution is 6.34. The number of hydrogen-bond donors (Lipinski definition) is 0. The molecule has 0 saturated carbocycles. The van der Waals surface area contributed by atoms with Gasteiger partial charge in [-0.25, -0.2) is 4.90 Å². The number of ether oxygens (including phenoxy) is 2. The number of rotatable bonds is 11. The molecule has 2 heterocycles. The van der Waals surface area contributed by atoms with Gasteiger partial charge in [0.05, 0.1) is 27.9 Å². The largest absolute Gasteiger partial charge is 0.457 e. The highest BCUT2D eigenvalue weighted by Crippen LogP contribution is 2.57. The Morgan fingerprint density at radius 2 is 0.739 bits per heavy atom. The van der Waals surface area contributed by atoms with Crippen molar-refractivity contribution in [1.29, 1.82) is 0 Å². The molecule has 2 aliphatic heterocycles. The maximum absolute atomic E-state index is 15.1. The predicted molar refractivity (Wildman–Crippen MR) is 237 cm³/mol. The van der Waals surface area contributed by atoms with Gasteiger partial charge >= 0.3 is 12.4 Å². The number of nitrogens with zero attached hydrogens (tertiary/aromatic N) is 2. The van der Waals surface area contributed by atoms with E-state index in [0.29, 0.717) is 80.0 Å². The van der Waals surface area contributed by atoms with Crippen molar-refractivity contribution < 1.29 is 64.6 Å². The van der Waals surface area contributed by atoms with Crippen LogP contribution in [-0.2, 0) is 5.41 Å². The van der Waals surface area contributed by atoms with Crippen molar-refractivity contribution in [2.75, 3.05) is 11.9 Å². The van der Waals surface area contributed by atoms with Gasteiger partial charge in [0, 0.05) is 29.3 Å². The molecule has 344 valence electrons. The number of ketones is 2. The Morgan fingerprint density at radius 3 is 1.14 bits per heavy atom. The average Bonchev–Trinajstić information content (AvgIpc) is 3.70. The minimum atomic E-state index is -6.10. The third-order valence-electron chi connectivity index (χ3n) is 11.9. The highest BCUT2D eigenvalue weighted by Gasteiger charge is 2.73. The second-order valence-electron chi connectivity index (χ2n) is 16.2. The first kappa shape index (κ1) is 45.5. The van der Waals surface area contributed by atoms with Crippen molar-refractivity contribution in [2.45, 2.75) is 24.7 Å². The van der Waals surface area contributed by atoms with Crippen LogP contribution in [0, 0.1) is 6.92 Å². The van der Waals surface area contributed by atoms with Gasteiger partial charge in [-0.15, -0.1) is 0 Å². The van der Waals surface area contributed by atoms with E-state index in [4.69, 9.17) is 9.47 Å². The molecule has 9 rings (SSSR count). The van der Waals surface area contributed by atoms with Crippen LogP contribution >= 0.6 is 0 Å². The molecule has 7 aromatic rings. The van der Waals surface area contributed by atoms with Crippen LogP contribution in [0.2, 0.25) is 0 Å². The van der Waals surface area contributed by atoms with Gasteiger partial charge in [-0.05, 0) is 127 Å². The second kappa shape index (κ2) is 16.9. The number of halogens is 6. The van der Waals surface area contributed by atoms with E-state index in [1.54, 1.807) is 48.5 Å². The van der Waals surface area contributed by atoms with Crippen molar-refractivity contribution >= 4 is 40.9 Å². The van der Waals surface area contributed by atoms with Crippen LogP contribution in [0.25, 0.3) is 0 Å². The molecule has 16 heteroatoms. The summed E-state index contributed by atoms with van der Waals surface area (Å²) in [6, 6.07) is 35.0. The fraction of sp³-hybridized carbons (Fsp3) is 0.0943. The minimum absolute atomic E-state index is 0.0750. The number of anilines is 1. The Morgan fingerprint density at radius 1 is 0.420 bits per heavy atom. The van der Waals surface area contributed by atoms with Gasteiger partial charge in [0.2, 0.25) is 5.41 Å². The van der Waals surface area contributed by atoms with Crippen molar-refractivity contribution in [3.05, 3.63) is 219 Å². The molecule has 0 bridgehead atoms. The molecule has 10 nitrogen and oxygen atoms in total. The summed E-state index contributed by atoms with van der Waals surface area (Å²) < 4.78 is 102. The zero-order chi connectivity index (χ0) is 49.2. The molecule has 0 aliphatic carbocycles. The average molecular weight is 939 g/mol. The van der Waals surface area contributed by atoms with Crippen LogP contribution in [0.5, 0.6) is 23.0 Å². The molecular formula is C53H32F6N2O8. The van der Waals surface area contributed by atoms with Gasteiger partial charge in [0.15, 0.2) is 11.6 Å². The van der Waals surface area contributed by atoms with Crippen LogP contribution in [0.1, 0.15) is 90.0 Å². The number of hydrogen-bond acceptors (Lipinski definition) is 8. The van der Waals surface area contributed by atoms with E-state index in [0.717, 1.165) is 12.6 Å². The van der Waals surface area contributed by atoms with E-state index in [1.807, 2.05) is 31.2 Å². The van der Waals surface area contributed by atoms with Crippen molar-refractivity contribution in [3.8, 4) is 23.0 Å². The second-order valence-corrected chi connectivity index (χ2v) is 16.2. The maximum Gasteiger partial charge on any atom is 0.411 e. The summed E-state index contributed by atoms with van der Waals surface area (Å²) in [7, 11) is 1.03. The zero-order valence-electron chi connectivity index (χ0n) is 35.9. The summed E-state index contributed by atoms with van der Waals surface area (Å²) in [5.41, 5.74) is -7.42. The summed E-state index contributed by atoms with van der Waals surface area (Å²) >= 11 is 0. The number of benzene rings is 7. The van der Waals surface area contributed by atoms with Gasteiger partial charge in [-0.1, -0.05) is 54.1 Å². The van der Waals surface area contributed by atoms with Crippen molar-refractivity contribution in [2.24, 2.45) is 0 Å². The normalized spacial score (nSPS) is 13.7. The third-order valence-corrected chi connectivity index (χ3v) is 11.9. The number of fused-ring (bicyclic) bond motifs is 2. The standard InChI is InChI=1S/C53H32F6N2O8/c1-29-3-17-37(18-4-29)68-38-19-9-32(10-20-38)45(62)30-5-7-31(8-6-30)46(63)33-11-21-39(22-12-33)69-40-23-15-36(16-24-40)61-49(66)42-26-14-35(28-44(42)50(61)67)51(52(54,55)56,53(57,58)59)34-13-25-41-43(27-34)48(65)60(2)47(41)64/h3-28H,1-2H3. The smallest absolute Gasteiger partial charge is 0.411 e. The number of carbonyl (C=O) groups is 6. The van der Waals surface area contributed by atoms with Gasteiger partial charge in [0.1, 0.15) is 23.0 Å². The quantitative estimate of drug-likeness (QED) is 0.0713. The summed E-state index contributed by atoms with van der Waals surface area (Å²) in [5, 5.41) is 0. The number of aryl methyl sites for hydroxylation is 1. The van der Waals surface area contributed by atoms with Crippen LogP contribution in [0.3, 0.4) is 0 Å². The molecule has 4 amide bonds. The summed E-state index contributed by atoms with van der Waals surface area (Å²) in [4.78, 5) is 79.9. The first-order chi connectivity index (χ1) is 32.8. The Kier molecular flexibility index (Phi) is 11.1. The van der Waals surface area contributed by atoms with E-state index in [1.165, 1.54) is 48.5 Å². The van der Waals surface area contributed by atoms with Crippen LogP contribution in [0.15, 0.2) is 158 Å². The minimum Gasteiger partial charge on any atom is -0.457 e. The summed E-state index contributed by atoms with van der Waals surface area (Å²) in [5.74, 6) is -3.07. The molecule has 69 heavy (non-hydrogen) atoms. The summed E-state index contributed by atoms with van der Waals surface area (Å²) in [6.45, 7) is 1.97. The van der Waals surface area contributed by atoms with Crippen molar-refractivity contribution in [3.63, 3.8) is 0 Å². The first-order valence-corrected chi connectivity index (χ1v) is 20.8. The van der Waals surface area contributed by atoms with Gasteiger partial charge in [-0.3, -0.25) is 33.7 Å². The number of carbonyl (C=O) groups excluding carboxylic acids is 6. The van der Waals surface area contributed by atoms with Crippen LogP contribution in [-0.4, -0.2) is 59.5 Å². The fourth-order valence-electron chi connectivity index (χ4n) is 8.28. The van der Waals surface area contributed by atoms with E-state index in [-0.39, 0.29) is 34.3 Å². The number of alkyl halides is 6. The van der Waals surface area contributed by atoms with Crippen LogP contribution in [0.4, 0.5) is 32.0 Å². The topological polar surface area (TPSA) is 127 Å². The Hall–Kier alpha value is -8.66. The zero-order valence-corrected chi connectivity index (χ0v) is 35.9. The van der Waals surface area contributed by atoms with E-state index in [2.05, 4.69) is 0 Å². The molecule has 0 radical (unpaired) electrons. The molecule has 0 N–H and O–H groups in total. The Balaban J connectivity index is 0.873. The molecule has 2 aliphatic rings. The monoisotopic (exact) mass is 938 g/mol. The van der Waals surface area contributed by atoms with E-state index in [9.17, 15) is 28.8 Å². The van der Waals surface area contributed by atoms with Gasteiger partial charge in [-0.2, -0.15) is 26.3 Å². The lowest BCUT2D eigenvalue weighted by Gasteiger charge is -2.38. The van der Waals surface area contributed by atoms with Crippen LogP contribution < -0.4 is 14.4 Å². The highest BCUT2D eigenvalue weighted by atomic mass is 19.4. The van der Waals surface area contributed by atoms with E-state index < -0.39 is 69.2 Å².